The summed E-state index contributed by atoms with van der Waals surface area (Å²) >= 11 is 0. The van der Waals surface area contributed by atoms with E-state index in [1.54, 1.807) is 72.7 Å². The van der Waals surface area contributed by atoms with Crippen LogP contribution in [-0.4, -0.2) is 42.1 Å². The quantitative estimate of drug-likeness (QED) is 0.446. The van der Waals surface area contributed by atoms with Crippen LogP contribution in [0.25, 0.3) is 0 Å². The van der Waals surface area contributed by atoms with E-state index >= 15 is 0 Å². The second-order valence-corrected chi connectivity index (χ2v) is 8.84. The maximum atomic E-state index is 12.3. The lowest BCUT2D eigenvalue weighted by Gasteiger charge is -2.29. The standard InChI is InChI=1S/C21H31NO7/c1-19(2,3)28-17(24)22-21(7,16(23)26-8)13-14-9-11-15(12-10-14)27-18(25)29-20(4,5)6/h9-12H,13H2,1-8H3,(H,22,24). The fourth-order valence-electron chi connectivity index (χ4n) is 2.37. The van der Waals surface area contributed by atoms with Crippen molar-refractivity contribution in [2.24, 2.45) is 0 Å². The topological polar surface area (TPSA) is 100 Å². The number of carbonyl (C=O) groups is 3. The highest BCUT2D eigenvalue weighted by atomic mass is 16.7. The molecular weight excluding hydrogens is 378 g/mol. The molecule has 29 heavy (non-hydrogen) atoms. The number of hydrogen-bond donors (Lipinski definition) is 1. The Morgan fingerprint density at radius 2 is 1.38 bits per heavy atom. The summed E-state index contributed by atoms with van der Waals surface area (Å²) in [5.41, 5.74) is -2.00. The molecule has 1 unspecified atom stereocenters. The van der Waals surface area contributed by atoms with Gasteiger partial charge in [0, 0.05) is 6.42 Å². The van der Waals surface area contributed by atoms with Crippen LogP contribution in [0.4, 0.5) is 9.59 Å². The highest BCUT2D eigenvalue weighted by molar-refractivity contribution is 5.85. The molecule has 1 aromatic rings. The molecule has 0 heterocycles. The van der Waals surface area contributed by atoms with Crippen molar-refractivity contribution in [1.29, 1.82) is 0 Å². The average molecular weight is 409 g/mol. The third kappa shape index (κ3) is 8.85. The van der Waals surface area contributed by atoms with E-state index in [2.05, 4.69) is 5.32 Å². The molecule has 162 valence electrons. The van der Waals surface area contributed by atoms with Crippen LogP contribution in [0, 0.1) is 0 Å². The van der Waals surface area contributed by atoms with Crippen molar-refractivity contribution in [3.05, 3.63) is 29.8 Å². The number of amides is 1. The minimum absolute atomic E-state index is 0.144. The van der Waals surface area contributed by atoms with Crippen molar-refractivity contribution in [1.82, 2.24) is 5.32 Å². The molecule has 0 radical (unpaired) electrons. The van der Waals surface area contributed by atoms with Gasteiger partial charge in [0.05, 0.1) is 7.11 Å². The zero-order chi connectivity index (χ0) is 22.5. The molecule has 0 saturated heterocycles. The third-order valence-corrected chi connectivity index (χ3v) is 3.48. The summed E-state index contributed by atoms with van der Waals surface area (Å²) in [4.78, 5) is 36.2. The van der Waals surface area contributed by atoms with Crippen molar-refractivity contribution < 1.29 is 33.3 Å². The summed E-state index contributed by atoms with van der Waals surface area (Å²) in [6, 6.07) is 6.50. The molecule has 0 spiro atoms. The summed E-state index contributed by atoms with van der Waals surface area (Å²) in [6.07, 6.45) is -1.39. The SMILES string of the molecule is COC(=O)C(C)(Cc1ccc(OC(=O)OC(C)(C)C)cc1)NC(=O)OC(C)(C)C. The van der Waals surface area contributed by atoms with Crippen LogP contribution in [-0.2, 0) is 25.4 Å². The number of hydrogen-bond acceptors (Lipinski definition) is 7. The van der Waals surface area contributed by atoms with Crippen LogP contribution in [0.15, 0.2) is 24.3 Å². The number of methoxy groups -OCH3 is 1. The summed E-state index contributed by atoms with van der Waals surface area (Å²) in [5, 5.41) is 2.58. The first kappa shape index (κ1) is 24.3. The maximum Gasteiger partial charge on any atom is 0.514 e. The first-order valence-corrected chi connectivity index (χ1v) is 9.23. The van der Waals surface area contributed by atoms with Crippen molar-refractivity contribution in [3.63, 3.8) is 0 Å². The Kier molecular flexibility index (Phi) is 7.66. The molecule has 0 aliphatic carbocycles. The van der Waals surface area contributed by atoms with Gasteiger partial charge in [-0.25, -0.2) is 14.4 Å². The van der Waals surface area contributed by atoms with E-state index in [4.69, 9.17) is 18.9 Å². The lowest BCUT2D eigenvalue weighted by atomic mass is 9.93. The largest absolute Gasteiger partial charge is 0.514 e. The summed E-state index contributed by atoms with van der Waals surface area (Å²) in [5.74, 6) is -0.319. The number of ether oxygens (including phenoxy) is 4. The molecule has 0 bridgehead atoms. The van der Waals surface area contributed by atoms with Gasteiger partial charge in [0.1, 0.15) is 22.5 Å². The van der Waals surface area contributed by atoms with Crippen LogP contribution < -0.4 is 10.1 Å². The fourth-order valence-corrected chi connectivity index (χ4v) is 2.37. The van der Waals surface area contributed by atoms with E-state index in [9.17, 15) is 14.4 Å². The highest BCUT2D eigenvalue weighted by Crippen LogP contribution is 2.20. The van der Waals surface area contributed by atoms with Crippen LogP contribution in [0.5, 0.6) is 5.75 Å². The van der Waals surface area contributed by atoms with Gasteiger partial charge in [-0.15, -0.1) is 0 Å². The molecular formula is C21H31NO7. The lowest BCUT2D eigenvalue weighted by molar-refractivity contribution is -0.147. The van der Waals surface area contributed by atoms with Crippen LogP contribution in [0.1, 0.15) is 54.0 Å². The van der Waals surface area contributed by atoms with Gasteiger partial charge in [-0.1, -0.05) is 12.1 Å². The number of nitrogens with one attached hydrogen (secondary N) is 1. The molecule has 0 saturated carbocycles. The molecule has 0 aliphatic heterocycles. The Bertz CT molecular complexity index is 729. The molecule has 0 fully saturated rings. The number of alkyl carbamates (subject to hydrolysis) is 1. The minimum Gasteiger partial charge on any atom is -0.467 e. The van der Waals surface area contributed by atoms with Crippen molar-refractivity contribution in [2.75, 3.05) is 7.11 Å². The first-order valence-electron chi connectivity index (χ1n) is 9.23. The molecule has 1 atom stereocenters. The summed E-state index contributed by atoms with van der Waals surface area (Å²) in [6.45, 7) is 11.9. The van der Waals surface area contributed by atoms with Crippen LogP contribution in [0.2, 0.25) is 0 Å². The maximum absolute atomic E-state index is 12.3. The molecule has 0 aromatic heterocycles. The summed E-state index contributed by atoms with van der Waals surface area (Å²) < 4.78 is 20.3. The van der Waals surface area contributed by atoms with Crippen molar-refractivity contribution in [3.8, 4) is 5.75 Å². The number of benzene rings is 1. The molecule has 1 aromatic carbocycles. The Morgan fingerprint density at radius 3 is 1.83 bits per heavy atom. The van der Waals surface area contributed by atoms with Gasteiger partial charge in [-0.3, -0.25) is 0 Å². The van der Waals surface area contributed by atoms with E-state index in [1.807, 2.05) is 0 Å². The van der Waals surface area contributed by atoms with Gasteiger partial charge in [0.15, 0.2) is 0 Å². The second kappa shape index (κ2) is 9.15. The van der Waals surface area contributed by atoms with Crippen LogP contribution in [0.3, 0.4) is 0 Å². The van der Waals surface area contributed by atoms with E-state index in [1.165, 1.54) is 7.11 Å². The Balaban J connectivity index is 2.88. The van der Waals surface area contributed by atoms with E-state index in [0.29, 0.717) is 11.3 Å². The van der Waals surface area contributed by atoms with Gasteiger partial charge in [-0.2, -0.15) is 0 Å². The Labute approximate surface area is 171 Å². The Hall–Kier alpha value is -2.77. The highest BCUT2D eigenvalue weighted by Gasteiger charge is 2.37. The molecule has 8 nitrogen and oxygen atoms in total. The van der Waals surface area contributed by atoms with Crippen molar-refractivity contribution in [2.45, 2.75) is 71.6 Å². The molecule has 0 aliphatic rings. The first-order chi connectivity index (χ1) is 13.1. The zero-order valence-corrected chi connectivity index (χ0v) is 18.4. The van der Waals surface area contributed by atoms with E-state index in [-0.39, 0.29) is 6.42 Å². The number of carbonyl (C=O) groups excluding carboxylic acids is 3. The summed E-state index contributed by atoms with van der Waals surface area (Å²) in [7, 11) is 1.25. The average Bonchev–Trinajstić information content (AvgIpc) is 2.52. The zero-order valence-electron chi connectivity index (χ0n) is 18.4. The smallest absolute Gasteiger partial charge is 0.467 e. The van der Waals surface area contributed by atoms with E-state index in [0.717, 1.165) is 0 Å². The minimum atomic E-state index is -1.34. The monoisotopic (exact) mass is 409 g/mol. The molecule has 8 heteroatoms. The van der Waals surface area contributed by atoms with Crippen LogP contribution >= 0.6 is 0 Å². The lowest BCUT2D eigenvalue weighted by Crippen LogP contribution is -2.55. The van der Waals surface area contributed by atoms with Gasteiger partial charge in [0.2, 0.25) is 0 Å². The second-order valence-electron chi connectivity index (χ2n) is 8.84. The molecule has 1 amide bonds. The van der Waals surface area contributed by atoms with Gasteiger partial charge in [0.25, 0.3) is 0 Å². The fraction of sp³-hybridized carbons (Fsp3) is 0.571. The predicted octanol–water partition coefficient (Wildman–Crippen LogP) is 4.00. The normalized spacial score (nSPS) is 13.7. The number of esters is 1. The van der Waals surface area contributed by atoms with E-state index < -0.39 is 35.0 Å². The van der Waals surface area contributed by atoms with Gasteiger partial charge in [-0.05, 0) is 66.2 Å². The molecule has 1 N–H and O–H groups in total. The van der Waals surface area contributed by atoms with Gasteiger partial charge < -0.3 is 24.3 Å². The molecule has 1 rings (SSSR count). The third-order valence-electron chi connectivity index (χ3n) is 3.48. The van der Waals surface area contributed by atoms with Gasteiger partial charge >= 0.3 is 18.2 Å². The number of rotatable bonds is 5. The Morgan fingerprint density at radius 1 is 0.862 bits per heavy atom. The predicted molar refractivity (Wildman–Crippen MR) is 107 cm³/mol. The van der Waals surface area contributed by atoms with Crippen molar-refractivity contribution >= 4 is 18.2 Å².